The summed E-state index contributed by atoms with van der Waals surface area (Å²) in [5.74, 6) is -0.352. The molecule has 0 spiro atoms. The van der Waals surface area contributed by atoms with E-state index in [4.69, 9.17) is 0 Å². The second kappa shape index (κ2) is 6.17. The number of amides is 1. The molecule has 2 rings (SSSR count). The Labute approximate surface area is 121 Å². The van der Waals surface area contributed by atoms with Gasteiger partial charge in [-0.05, 0) is 26.0 Å². The van der Waals surface area contributed by atoms with Gasteiger partial charge in [-0.3, -0.25) is 19.6 Å². The summed E-state index contributed by atoms with van der Waals surface area (Å²) in [6, 6.07) is 7.26. The van der Waals surface area contributed by atoms with Gasteiger partial charge in [-0.15, -0.1) is 0 Å². The number of carbonyl (C=O) groups excluding carboxylic acids is 1. The molecule has 7 nitrogen and oxygen atoms in total. The minimum absolute atomic E-state index is 0.103. The van der Waals surface area contributed by atoms with Crippen LogP contribution in [0.3, 0.4) is 0 Å². The zero-order valence-electron chi connectivity index (χ0n) is 11.8. The summed E-state index contributed by atoms with van der Waals surface area (Å²) in [6.45, 7) is 4.52. The van der Waals surface area contributed by atoms with E-state index in [2.05, 4.69) is 10.4 Å². The maximum Gasteiger partial charge on any atom is 0.270 e. The van der Waals surface area contributed by atoms with E-state index in [9.17, 15) is 14.9 Å². The first-order valence-corrected chi connectivity index (χ1v) is 6.60. The van der Waals surface area contributed by atoms with Gasteiger partial charge in [0.25, 0.3) is 11.6 Å². The molecule has 0 aliphatic carbocycles. The van der Waals surface area contributed by atoms with Gasteiger partial charge in [0.15, 0.2) is 0 Å². The molecule has 0 aliphatic rings. The lowest BCUT2D eigenvalue weighted by Gasteiger charge is -2.15. The molecule has 1 N–H and O–H groups in total. The van der Waals surface area contributed by atoms with Crippen molar-refractivity contribution in [2.75, 3.05) is 0 Å². The predicted octanol–water partition coefficient (Wildman–Crippen LogP) is 2.30. The molecular weight excluding hydrogens is 272 g/mol. The Hall–Kier alpha value is -2.70. The largest absolute Gasteiger partial charge is 0.344 e. The molecular formula is C14H16N4O3. The molecule has 7 heteroatoms. The molecule has 21 heavy (non-hydrogen) atoms. The second-order valence-corrected chi connectivity index (χ2v) is 4.57. The van der Waals surface area contributed by atoms with Gasteiger partial charge in [-0.1, -0.05) is 6.07 Å². The van der Waals surface area contributed by atoms with E-state index >= 15 is 0 Å². The Bertz CT molecular complexity index is 666. The van der Waals surface area contributed by atoms with E-state index in [0.717, 1.165) is 5.69 Å². The monoisotopic (exact) mass is 288 g/mol. The first-order chi connectivity index (χ1) is 10.0. The van der Waals surface area contributed by atoms with Crippen molar-refractivity contribution in [1.29, 1.82) is 0 Å². The minimum Gasteiger partial charge on any atom is -0.344 e. The van der Waals surface area contributed by atoms with Gasteiger partial charge in [0.1, 0.15) is 0 Å². The third kappa shape index (κ3) is 3.25. The number of nitrogens with zero attached hydrogens (tertiary/aromatic N) is 3. The molecule has 0 saturated carbocycles. The lowest BCUT2D eigenvalue weighted by atomic mass is 10.1. The van der Waals surface area contributed by atoms with Crippen LogP contribution in [0.2, 0.25) is 0 Å². The molecule has 1 atom stereocenters. The number of benzene rings is 1. The molecule has 110 valence electrons. The molecule has 1 unspecified atom stereocenters. The average molecular weight is 288 g/mol. The SMILES string of the molecule is CCn1nccc1C(C)NC(=O)c1cccc([N+](=O)[O-])c1. The Morgan fingerprint density at radius 3 is 2.90 bits per heavy atom. The predicted molar refractivity (Wildman–Crippen MR) is 76.9 cm³/mol. The molecule has 0 bridgehead atoms. The van der Waals surface area contributed by atoms with Gasteiger partial charge < -0.3 is 5.32 Å². The van der Waals surface area contributed by atoms with Crippen LogP contribution in [0.25, 0.3) is 0 Å². The number of non-ortho nitro benzene ring substituents is 1. The number of nitro groups is 1. The number of rotatable bonds is 5. The number of nitro benzene ring substituents is 1. The summed E-state index contributed by atoms with van der Waals surface area (Å²) >= 11 is 0. The van der Waals surface area contributed by atoms with Gasteiger partial charge in [-0.25, -0.2) is 0 Å². The fraction of sp³-hybridized carbons (Fsp3) is 0.286. The first kappa shape index (κ1) is 14.7. The molecule has 0 fully saturated rings. The van der Waals surface area contributed by atoms with Crippen molar-refractivity contribution in [3.63, 3.8) is 0 Å². The Morgan fingerprint density at radius 2 is 2.24 bits per heavy atom. The summed E-state index contributed by atoms with van der Waals surface area (Å²) in [6.07, 6.45) is 1.68. The quantitative estimate of drug-likeness (QED) is 0.675. The van der Waals surface area contributed by atoms with E-state index in [1.54, 1.807) is 16.9 Å². The molecule has 0 radical (unpaired) electrons. The number of aromatic nitrogens is 2. The Kier molecular flexibility index (Phi) is 4.32. The Morgan fingerprint density at radius 1 is 1.48 bits per heavy atom. The maximum atomic E-state index is 12.2. The van der Waals surface area contributed by atoms with Gasteiger partial charge >= 0.3 is 0 Å². The van der Waals surface area contributed by atoms with Crippen molar-refractivity contribution in [2.24, 2.45) is 0 Å². The van der Waals surface area contributed by atoms with Crippen LogP contribution in [-0.2, 0) is 6.54 Å². The average Bonchev–Trinajstić information content (AvgIpc) is 2.95. The van der Waals surface area contributed by atoms with Crippen molar-refractivity contribution in [3.05, 3.63) is 57.9 Å². The zero-order chi connectivity index (χ0) is 15.4. The van der Waals surface area contributed by atoms with Crippen LogP contribution in [0.4, 0.5) is 5.69 Å². The normalized spacial score (nSPS) is 11.9. The molecule has 1 amide bonds. The van der Waals surface area contributed by atoms with Crippen LogP contribution in [0.1, 0.15) is 35.9 Å². The van der Waals surface area contributed by atoms with Crippen LogP contribution in [0.15, 0.2) is 36.5 Å². The van der Waals surface area contributed by atoms with Crippen molar-refractivity contribution in [1.82, 2.24) is 15.1 Å². The minimum atomic E-state index is -0.521. The lowest BCUT2D eigenvalue weighted by molar-refractivity contribution is -0.384. The van der Waals surface area contributed by atoms with Crippen molar-refractivity contribution in [2.45, 2.75) is 26.4 Å². The van der Waals surface area contributed by atoms with Crippen molar-refractivity contribution >= 4 is 11.6 Å². The summed E-state index contributed by atoms with van der Waals surface area (Å²) < 4.78 is 1.79. The van der Waals surface area contributed by atoms with E-state index < -0.39 is 4.92 Å². The standard InChI is InChI=1S/C14H16N4O3/c1-3-17-13(7-8-15-17)10(2)16-14(19)11-5-4-6-12(9-11)18(20)21/h4-10H,3H2,1-2H3,(H,16,19). The highest BCUT2D eigenvalue weighted by Crippen LogP contribution is 2.16. The number of carbonyl (C=O) groups is 1. The van der Waals surface area contributed by atoms with Crippen LogP contribution in [0.5, 0.6) is 0 Å². The third-order valence-corrected chi connectivity index (χ3v) is 3.16. The van der Waals surface area contributed by atoms with Gasteiger partial charge in [0, 0.05) is 30.4 Å². The number of nitrogens with one attached hydrogen (secondary N) is 1. The zero-order valence-corrected chi connectivity index (χ0v) is 11.8. The first-order valence-electron chi connectivity index (χ1n) is 6.60. The topological polar surface area (TPSA) is 90.1 Å². The van der Waals surface area contributed by atoms with Crippen LogP contribution in [0, 0.1) is 10.1 Å². The fourth-order valence-electron chi connectivity index (χ4n) is 2.09. The third-order valence-electron chi connectivity index (χ3n) is 3.16. The van der Waals surface area contributed by atoms with E-state index in [-0.39, 0.29) is 23.2 Å². The highest BCUT2D eigenvalue weighted by atomic mass is 16.6. The number of hydrogen-bond donors (Lipinski definition) is 1. The van der Waals surface area contributed by atoms with Crippen molar-refractivity contribution < 1.29 is 9.72 Å². The summed E-state index contributed by atoms with van der Waals surface area (Å²) in [7, 11) is 0. The summed E-state index contributed by atoms with van der Waals surface area (Å²) in [4.78, 5) is 22.4. The summed E-state index contributed by atoms with van der Waals surface area (Å²) in [5.41, 5.74) is 1.05. The van der Waals surface area contributed by atoms with E-state index in [1.165, 1.54) is 18.2 Å². The number of aryl methyl sites for hydroxylation is 1. The summed E-state index contributed by atoms with van der Waals surface area (Å²) in [5, 5.41) is 17.7. The highest BCUT2D eigenvalue weighted by molar-refractivity contribution is 5.95. The molecule has 0 aliphatic heterocycles. The maximum absolute atomic E-state index is 12.2. The van der Waals surface area contributed by atoms with Gasteiger partial charge in [0.2, 0.25) is 0 Å². The number of hydrogen-bond acceptors (Lipinski definition) is 4. The fourth-order valence-corrected chi connectivity index (χ4v) is 2.09. The highest BCUT2D eigenvalue weighted by Gasteiger charge is 2.16. The molecule has 1 heterocycles. The van der Waals surface area contributed by atoms with Crippen LogP contribution >= 0.6 is 0 Å². The molecule has 2 aromatic rings. The van der Waals surface area contributed by atoms with Crippen LogP contribution < -0.4 is 5.32 Å². The molecule has 1 aromatic heterocycles. The van der Waals surface area contributed by atoms with E-state index in [0.29, 0.717) is 6.54 Å². The second-order valence-electron chi connectivity index (χ2n) is 4.57. The Balaban J connectivity index is 2.14. The van der Waals surface area contributed by atoms with Crippen LogP contribution in [-0.4, -0.2) is 20.6 Å². The smallest absolute Gasteiger partial charge is 0.270 e. The van der Waals surface area contributed by atoms with E-state index in [1.807, 2.05) is 19.9 Å². The van der Waals surface area contributed by atoms with Crippen molar-refractivity contribution in [3.8, 4) is 0 Å². The van der Waals surface area contributed by atoms with Gasteiger partial charge in [0.05, 0.1) is 16.7 Å². The van der Waals surface area contributed by atoms with Gasteiger partial charge in [-0.2, -0.15) is 5.10 Å². The molecule has 1 aromatic carbocycles. The lowest BCUT2D eigenvalue weighted by Crippen LogP contribution is -2.28. The molecule has 0 saturated heterocycles.